The van der Waals surface area contributed by atoms with Crippen molar-refractivity contribution >= 4 is 28.6 Å². The summed E-state index contributed by atoms with van der Waals surface area (Å²) in [5, 5.41) is 0.947. The van der Waals surface area contributed by atoms with Gasteiger partial charge in [-0.15, -0.1) is 0 Å². The van der Waals surface area contributed by atoms with Crippen molar-refractivity contribution < 1.29 is 14.0 Å². The Morgan fingerprint density at radius 1 is 0.970 bits per heavy atom. The van der Waals surface area contributed by atoms with Crippen molar-refractivity contribution in [2.45, 2.75) is 25.7 Å². The lowest BCUT2D eigenvalue weighted by atomic mass is 9.93. The number of para-hydroxylation sites is 1. The Hall–Kier alpha value is -3.35. The first-order valence-corrected chi connectivity index (χ1v) is 11.9. The summed E-state index contributed by atoms with van der Waals surface area (Å²) in [6, 6.07) is 15.4. The molecule has 2 amide bonds. The van der Waals surface area contributed by atoms with Gasteiger partial charge >= 0.3 is 0 Å². The number of furan rings is 1. The van der Waals surface area contributed by atoms with E-state index in [-0.39, 0.29) is 11.8 Å². The lowest BCUT2D eigenvalue weighted by molar-refractivity contribution is -0.131. The fraction of sp³-hybridized carbons (Fsp3) is 0.423. The molecule has 1 unspecified atom stereocenters. The van der Waals surface area contributed by atoms with E-state index >= 15 is 0 Å². The number of hydrogen-bond donors (Lipinski definition) is 0. The highest BCUT2D eigenvalue weighted by atomic mass is 16.3. The standard InChI is InChI=1S/C26H30N4O3/c31-25(29-16-14-28(15-17-29)24-9-3-4-12-27-24)11-10-20-6-5-13-30(19-20)26(32)23-18-21-7-1-2-8-22(21)33-23/h1-4,7-9,12,18,20H,5-6,10-11,13-17,19H2. The number of fused-ring (bicyclic) bond motifs is 1. The maximum absolute atomic E-state index is 13.0. The van der Waals surface area contributed by atoms with Crippen LogP contribution in [0.25, 0.3) is 11.0 Å². The fourth-order valence-electron chi connectivity index (χ4n) is 4.94. The quantitative estimate of drug-likeness (QED) is 0.596. The lowest BCUT2D eigenvalue weighted by Crippen LogP contribution is -2.49. The lowest BCUT2D eigenvalue weighted by Gasteiger charge is -2.36. The summed E-state index contributed by atoms with van der Waals surface area (Å²) in [6.45, 7) is 4.53. The van der Waals surface area contributed by atoms with Gasteiger partial charge in [-0.25, -0.2) is 4.98 Å². The highest BCUT2D eigenvalue weighted by molar-refractivity contribution is 5.96. The Bertz CT molecular complexity index is 1070. The van der Waals surface area contributed by atoms with Crippen molar-refractivity contribution in [3.05, 3.63) is 60.5 Å². The molecule has 3 aromatic rings. The molecule has 33 heavy (non-hydrogen) atoms. The largest absolute Gasteiger partial charge is 0.451 e. The predicted molar refractivity (Wildman–Crippen MR) is 127 cm³/mol. The van der Waals surface area contributed by atoms with E-state index in [1.807, 2.05) is 58.3 Å². The van der Waals surface area contributed by atoms with Crippen LogP contribution in [0, 0.1) is 5.92 Å². The monoisotopic (exact) mass is 446 g/mol. The van der Waals surface area contributed by atoms with Crippen molar-refractivity contribution in [1.82, 2.24) is 14.8 Å². The van der Waals surface area contributed by atoms with Gasteiger partial charge < -0.3 is 19.1 Å². The molecular weight excluding hydrogens is 416 g/mol. The molecule has 2 aliphatic rings. The van der Waals surface area contributed by atoms with Crippen molar-refractivity contribution in [3.63, 3.8) is 0 Å². The molecule has 2 fully saturated rings. The van der Waals surface area contributed by atoms with Crippen LogP contribution in [0.4, 0.5) is 5.82 Å². The van der Waals surface area contributed by atoms with E-state index < -0.39 is 0 Å². The topological polar surface area (TPSA) is 69.9 Å². The number of benzene rings is 1. The number of piperidine rings is 1. The fourth-order valence-corrected chi connectivity index (χ4v) is 4.94. The zero-order chi connectivity index (χ0) is 22.6. The van der Waals surface area contributed by atoms with E-state index in [4.69, 9.17) is 4.42 Å². The number of aromatic nitrogens is 1. The van der Waals surface area contributed by atoms with Crippen LogP contribution in [0.3, 0.4) is 0 Å². The first-order chi connectivity index (χ1) is 16.2. The number of piperazine rings is 1. The third-order valence-electron chi connectivity index (χ3n) is 6.81. The molecule has 0 aliphatic carbocycles. The molecule has 2 aliphatic heterocycles. The highest BCUT2D eigenvalue weighted by Crippen LogP contribution is 2.25. The first-order valence-electron chi connectivity index (χ1n) is 11.9. The van der Waals surface area contributed by atoms with Crippen LogP contribution in [0.1, 0.15) is 36.2 Å². The van der Waals surface area contributed by atoms with Crippen molar-refractivity contribution in [3.8, 4) is 0 Å². The van der Waals surface area contributed by atoms with Gasteiger partial charge in [0.15, 0.2) is 5.76 Å². The average Bonchev–Trinajstić information content (AvgIpc) is 3.32. The van der Waals surface area contributed by atoms with Crippen LogP contribution in [0.2, 0.25) is 0 Å². The molecule has 0 spiro atoms. The number of carbonyl (C=O) groups excluding carboxylic acids is 2. The van der Waals surface area contributed by atoms with E-state index in [0.717, 1.165) is 68.8 Å². The number of likely N-dealkylation sites (tertiary alicyclic amines) is 1. The van der Waals surface area contributed by atoms with Gasteiger partial charge in [0.25, 0.3) is 5.91 Å². The SMILES string of the molecule is O=C(CCC1CCCN(C(=O)c2cc3ccccc3o2)C1)N1CCN(c2ccccn2)CC1. The van der Waals surface area contributed by atoms with Crippen LogP contribution >= 0.6 is 0 Å². The van der Waals surface area contributed by atoms with E-state index in [1.165, 1.54) is 0 Å². The second kappa shape index (κ2) is 9.65. The van der Waals surface area contributed by atoms with Crippen molar-refractivity contribution in [2.24, 2.45) is 5.92 Å². The second-order valence-corrected chi connectivity index (χ2v) is 9.00. The molecule has 2 saturated heterocycles. The van der Waals surface area contributed by atoms with Crippen LogP contribution < -0.4 is 4.90 Å². The van der Waals surface area contributed by atoms with Crippen LogP contribution in [-0.4, -0.2) is 65.9 Å². The Labute approximate surface area is 194 Å². The Balaban J connectivity index is 1.11. The molecule has 172 valence electrons. The first kappa shape index (κ1) is 21.5. The van der Waals surface area contributed by atoms with Gasteiger partial charge in [0.05, 0.1) is 0 Å². The van der Waals surface area contributed by atoms with E-state index in [2.05, 4.69) is 9.88 Å². The molecule has 5 rings (SSSR count). The average molecular weight is 447 g/mol. The van der Waals surface area contributed by atoms with E-state index in [1.54, 1.807) is 6.20 Å². The number of anilines is 1. The van der Waals surface area contributed by atoms with Crippen LogP contribution in [-0.2, 0) is 4.79 Å². The minimum Gasteiger partial charge on any atom is -0.451 e. The maximum atomic E-state index is 13.0. The third kappa shape index (κ3) is 4.87. The molecular formula is C26H30N4O3. The van der Waals surface area contributed by atoms with Crippen LogP contribution in [0.15, 0.2) is 59.1 Å². The number of pyridine rings is 1. The minimum absolute atomic E-state index is 0.0483. The Kier molecular flexibility index (Phi) is 6.28. The molecule has 7 nitrogen and oxygen atoms in total. The second-order valence-electron chi connectivity index (χ2n) is 9.00. The van der Waals surface area contributed by atoms with Crippen LogP contribution in [0.5, 0.6) is 0 Å². The van der Waals surface area contributed by atoms with Gasteiger partial charge in [-0.3, -0.25) is 9.59 Å². The predicted octanol–water partition coefficient (Wildman–Crippen LogP) is 3.81. The number of rotatable bonds is 5. The Morgan fingerprint density at radius 3 is 2.58 bits per heavy atom. The number of amides is 2. The van der Waals surface area contributed by atoms with Gasteiger partial charge in [0.2, 0.25) is 5.91 Å². The molecule has 2 aromatic heterocycles. The van der Waals surface area contributed by atoms with Gasteiger partial charge in [0, 0.05) is 57.3 Å². The molecule has 1 aromatic carbocycles. The summed E-state index contributed by atoms with van der Waals surface area (Å²) in [7, 11) is 0. The molecule has 0 saturated carbocycles. The maximum Gasteiger partial charge on any atom is 0.289 e. The van der Waals surface area contributed by atoms with Gasteiger partial charge in [0.1, 0.15) is 11.4 Å². The molecule has 0 bridgehead atoms. The molecule has 7 heteroatoms. The van der Waals surface area contributed by atoms with Gasteiger partial charge in [-0.05, 0) is 49.4 Å². The summed E-state index contributed by atoms with van der Waals surface area (Å²) < 4.78 is 5.78. The smallest absolute Gasteiger partial charge is 0.289 e. The normalized spacial score (nSPS) is 19.2. The van der Waals surface area contributed by atoms with Crippen molar-refractivity contribution in [2.75, 3.05) is 44.2 Å². The highest BCUT2D eigenvalue weighted by Gasteiger charge is 2.28. The summed E-state index contributed by atoms with van der Waals surface area (Å²) in [5.41, 5.74) is 0.739. The molecule has 4 heterocycles. The van der Waals surface area contributed by atoms with Gasteiger partial charge in [-0.2, -0.15) is 0 Å². The number of carbonyl (C=O) groups is 2. The van der Waals surface area contributed by atoms with Gasteiger partial charge in [-0.1, -0.05) is 24.3 Å². The number of nitrogens with zero attached hydrogens (tertiary/aromatic N) is 4. The summed E-state index contributed by atoms with van der Waals surface area (Å²) in [6.07, 6.45) is 5.20. The third-order valence-corrected chi connectivity index (χ3v) is 6.81. The van der Waals surface area contributed by atoms with E-state index in [9.17, 15) is 9.59 Å². The minimum atomic E-state index is -0.0483. The zero-order valence-electron chi connectivity index (χ0n) is 18.9. The molecule has 1 atom stereocenters. The zero-order valence-corrected chi connectivity index (χ0v) is 18.9. The number of hydrogen-bond acceptors (Lipinski definition) is 5. The van der Waals surface area contributed by atoms with E-state index in [0.29, 0.717) is 24.6 Å². The summed E-state index contributed by atoms with van der Waals surface area (Å²) in [4.78, 5) is 36.3. The van der Waals surface area contributed by atoms with Crippen molar-refractivity contribution in [1.29, 1.82) is 0 Å². The molecule has 0 N–H and O–H groups in total. The molecule has 0 radical (unpaired) electrons. The Morgan fingerprint density at radius 2 is 1.79 bits per heavy atom. The summed E-state index contributed by atoms with van der Waals surface area (Å²) in [5.74, 6) is 1.90. The summed E-state index contributed by atoms with van der Waals surface area (Å²) >= 11 is 0.